The predicted octanol–water partition coefficient (Wildman–Crippen LogP) is 4.16. The van der Waals surface area contributed by atoms with Gasteiger partial charge in [-0.1, -0.05) is 42.6 Å². The first-order chi connectivity index (χ1) is 14.4. The third-order valence-electron chi connectivity index (χ3n) is 5.24. The number of carbonyl (C=O) groups is 2. The Morgan fingerprint density at radius 3 is 2.47 bits per heavy atom. The number of carbonyl (C=O) groups excluding carboxylic acids is 2. The van der Waals surface area contributed by atoms with Crippen molar-refractivity contribution in [2.75, 3.05) is 6.54 Å². The Labute approximate surface area is 177 Å². The molecule has 2 aromatic carbocycles. The SMILES string of the molecule is O=C(CNC(=O)c1c(Cl)cccc1[N+](=O)[O-])NC(c1ccc(F)cc1)C1CCCC1. The van der Waals surface area contributed by atoms with Gasteiger partial charge in [-0.2, -0.15) is 0 Å². The molecule has 3 rings (SSSR count). The Morgan fingerprint density at radius 1 is 1.17 bits per heavy atom. The molecule has 7 nitrogen and oxygen atoms in total. The van der Waals surface area contributed by atoms with Gasteiger partial charge in [0.05, 0.1) is 22.5 Å². The fourth-order valence-electron chi connectivity index (χ4n) is 3.80. The molecule has 2 N–H and O–H groups in total. The van der Waals surface area contributed by atoms with E-state index >= 15 is 0 Å². The average molecular weight is 434 g/mol. The minimum absolute atomic E-state index is 0.0720. The van der Waals surface area contributed by atoms with Crippen molar-refractivity contribution < 1.29 is 18.9 Å². The van der Waals surface area contributed by atoms with Crippen LogP contribution in [0.2, 0.25) is 5.02 Å². The van der Waals surface area contributed by atoms with Gasteiger partial charge in [-0.15, -0.1) is 0 Å². The standard InChI is InChI=1S/C21H21ClFN3O4/c22-16-6-3-7-17(26(29)30)19(16)21(28)24-12-18(27)25-20(13-4-1-2-5-13)14-8-10-15(23)11-9-14/h3,6-11,13,20H,1-2,4-5,12H2,(H,24,28)(H,25,27). The molecule has 2 aromatic rings. The fourth-order valence-corrected chi connectivity index (χ4v) is 4.05. The van der Waals surface area contributed by atoms with E-state index in [4.69, 9.17) is 11.6 Å². The number of amides is 2. The quantitative estimate of drug-likeness (QED) is 0.505. The highest BCUT2D eigenvalue weighted by atomic mass is 35.5. The zero-order valence-corrected chi connectivity index (χ0v) is 16.8. The third kappa shape index (κ3) is 5.13. The maximum atomic E-state index is 13.3. The van der Waals surface area contributed by atoms with Crippen LogP contribution in [0.4, 0.5) is 10.1 Å². The van der Waals surface area contributed by atoms with Gasteiger partial charge in [0.2, 0.25) is 5.91 Å². The number of nitro groups is 1. The van der Waals surface area contributed by atoms with Crippen molar-refractivity contribution in [1.82, 2.24) is 10.6 Å². The van der Waals surface area contributed by atoms with Crippen LogP contribution < -0.4 is 10.6 Å². The van der Waals surface area contributed by atoms with Crippen LogP contribution in [0.25, 0.3) is 0 Å². The first-order valence-corrected chi connectivity index (χ1v) is 10.0. The van der Waals surface area contributed by atoms with E-state index in [1.165, 1.54) is 30.3 Å². The van der Waals surface area contributed by atoms with E-state index in [0.717, 1.165) is 31.2 Å². The van der Waals surface area contributed by atoms with Crippen LogP contribution >= 0.6 is 11.6 Å². The number of rotatable bonds is 7. The predicted molar refractivity (Wildman–Crippen MR) is 110 cm³/mol. The molecule has 2 amide bonds. The van der Waals surface area contributed by atoms with Crippen LogP contribution in [0.1, 0.15) is 47.6 Å². The minimum Gasteiger partial charge on any atom is -0.347 e. The first kappa shape index (κ1) is 21.7. The third-order valence-corrected chi connectivity index (χ3v) is 5.56. The van der Waals surface area contributed by atoms with Crippen LogP contribution in [0.3, 0.4) is 0 Å². The van der Waals surface area contributed by atoms with E-state index in [-0.39, 0.29) is 34.9 Å². The van der Waals surface area contributed by atoms with Crippen LogP contribution in [0, 0.1) is 21.8 Å². The molecule has 0 spiro atoms. The average Bonchev–Trinajstić information content (AvgIpc) is 3.25. The molecule has 0 aromatic heterocycles. The van der Waals surface area contributed by atoms with Crippen LogP contribution in [-0.4, -0.2) is 23.3 Å². The second kappa shape index (κ2) is 9.67. The summed E-state index contributed by atoms with van der Waals surface area (Å²) in [6, 6.07) is 9.60. The van der Waals surface area contributed by atoms with E-state index in [1.807, 2.05) is 0 Å². The number of nitrogens with zero attached hydrogens (tertiary/aromatic N) is 1. The Bertz CT molecular complexity index is 946. The molecule has 0 heterocycles. The zero-order chi connectivity index (χ0) is 21.7. The van der Waals surface area contributed by atoms with E-state index in [1.54, 1.807) is 12.1 Å². The molecule has 1 aliphatic rings. The Kier molecular flexibility index (Phi) is 6.99. The molecular weight excluding hydrogens is 413 g/mol. The van der Waals surface area contributed by atoms with E-state index in [2.05, 4.69) is 10.6 Å². The van der Waals surface area contributed by atoms with Crippen molar-refractivity contribution >= 4 is 29.1 Å². The van der Waals surface area contributed by atoms with Gasteiger partial charge in [0.1, 0.15) is 11.4 Å². The second-order valence-corrected chi connectivity index (χ2v) is 7.62. The number of benzene rings is 2. The van der Waals surface area contributed by atoms with E-state index < -0.39 is 22.4 Å². The number of hydrogen-bond acceptors (Lipinski definition) is 4. The summed E-state index contributed by atoms with van der Waals surface area (Å²) in [6.07, 6.45) is 4.01. The first-order valence-electron chi connectivity index (χ1n) is 9.62. The van der Waals surface area contributed by atoms with Gasteiger partial charge in [0, 0.05) is 6.07 Å². The monoisotopic (exact) mass is 433 g/mol. The summed E-state index contributed by atoms with van der Waals surface area (Å²) in [6.45, 7) is -0.369. The molecule has 1 fully saturated rings. The molecule has 0 bridgehead atoms. The Morgan fingerprint density at radius 2 is 1.83 bits per heavy atom. The molecule has 0 saturated heterocycles. The van der Waals surface area contributed by atoms with Gasteiger partial charge < -0.3 is 10.6 Å². The normalized spacial score (nSPS) is 14.9. The highest BCUT2D eigenvalue weighted by Gasteiger charge is 2.28. The molecule has 1 aliphatic carbocycles. The summed E-state index contributed by atoms with van der Waals surface area (Å²) in [7, 11) is 0. The van der Waals surface area contributed by atoms with E-state index in [9.17, 15) is 24.1 Å². The van der Waals surface area contributed by atoms with Crippen molar-refractivity contribution in [3.8, 4) is 0 Å². The lowest BCUT2D eigenvalue weighted by atomic mass is 9.91. The van der Waals surface area contributed by atoms with Crippen molar-refractivity contribution in [1.29, 1.82) is 0 Å². The van der Waals surface area contributed by atoms with Gasteiger partial charge in [0.15, 0.2) is 0 Å². The number of halogens is 2. The molecule has 158 valence electrons. The molecule has 0 aliphatic heterocycles. The van der Waals surface area contributed by atoms with Crippen molar-refractivity contribution in [3.05, 3.63) is 74.5 Å². The smallest absolute Gasteiger partial charge is 0.283 e. The zero-order valence-electron chi connectivity index (χ0n) is 16.1. The van der Waals surface area contributed by atoms with Gasteiger partial charge >= 0.3 is 0 Å². The highest BCUT2D eigenvalue weighted by Crippen LogP contribution is 2.35. The Hall–Kier alpha value is -3.00. The van der Waals surface area contributed by atoms with Gasteiger partial charge in [-0.05, 0) is 42.5 Å². The second-order valence-electron chi connectivity index (χ2n) is 7.22. The summed E-state index contributed by atoms with van der Waals surface area (Å²) in [4.78, 5) is 35.4. The molecule has 0 radical (unpaired) electrons. The molecule has 9 heteroatoms. The van der Waals surface area contributed by atoms with Crippen LogP contribution in [-0.2, 0) is 4.79 Å². The topological polar surface area (TPSA) is 101 Å². The maximum Gasteiger partial charge on any atom is 0.283 e. The Balaban J connectivity index is 1.68. The molecule has 1 atom stereocenters. The largest absolute Gasteiger partial charge is 0.347 e. The van der Waals surface area contributed by atoms with Crippen molar-refractivity contribution in [2.45, 2.75) is 31.7 Å². The summed E-state index contributed by atoms with van der Waals surface area (Å²) < 4.78 is 13.3. The summed E-state index contributed by atoms with van der Waals surface area (Å²) in [5.41, 5.74) is 0.0723. The van der Waals surface area contributed by atoms with Crippen molar-refractivity contribution in [2.24, 2.45) is 5.92 Å². The van der Waals surface area contributed by atoms with Gasteiger partial charge in [-0.25, -0.2) is 4.39 Å². The van der Waals surface area contributed by atoms with Crippen molar-refractivity contribution in [3.63, 3.8) is 0 Å². The minimum atomic E-state index is -0.804. The van der Waals surface area contributed by atoms with Crippen LogP contribution in [0.15, 0.2) is 42.5 Å². The summed E-state index contributed by atoms with van der Waals surface area (Å²) in [5.74, 6) is -1.38. The lowest BCUT2D eigenvalue weighted by molar-refractivity contribution is -0.385. The number of nitrogens with one attached hydrogen (secondary N) is 2. The van der Waals surface area contributed by atoms with Gasteiger partial charge in [0.25, 0.3) is 11.6 Å². The van der Waals surface area contributed by atoms with E-state index in [0.29, 0.717) is 0 Å². The number of nitro benzene ring substituents is 1. The number of hydrogen-bond donors (Lipinski definition) is 2. The summed E-state index contributed by atoms with van der Waals surface area (Å²) >= 11 is 5.95. The molecule has 1 unspecified atom stereocenters. The molecule has 1 saturated carbocycles. The van der Waals surface area contributed by atoms with Gasteiger partial charge in [-0.3, -0.25) is 19.7 Å². The lowest BCUT2D eigenvalue weighted by Crippen LogP contribution is -2.40. The summed E-state index contributed by atoms with van der Waals surface area (Å²) in [5, 5.41) is 16.4. The lowest BCUT2D eigenvalue weighted by Gasteiger charge is -2.25. The maximum absolute atomic E-state index is 13.3. The fraction of sp³-hybridized carbons (Fsp3) is 0.333. The molecular formula is C21H21ClFN3O4. The van der Waals surface area contributed by atoms with Crippen LogP contribution in [0.5, 0.6) is 0 Å². The molecule has 30 heavy (non-hydrogen) atoms. The highest BCUT2D eigenvalue weighted by molar-refractivity contribution is 6.34.